The van der Waals surface area contributed by atoms with Gasteiger partial charge >= 0.3 is 5.69 Å². The smallest absolute Gasteiger partial charge is 0.311 e. The van der Waals surface area contributed by atoms with Gasteiger partial charge in [0.25, 0.3) is 5.91 Å². The molecule has 8 heteroatoms. The quantitative estimate of drug-likeness (QED) is 0.653. The van der Waals surface area contributed by atoms with E-state index in [1.807, 2.05) is 0 Å². The Labute approximate surface area is 141 Å². The second-order valence-corrected chi connectivity index (χ2v) is 5.26. The Morgan fingerprint density at radius 2 is 2.22 bits per heavy atom. The molecule has 1 heterocycles. The van der Waals surface area contributed by atoms with Crippen molar-refractivity contribution >= 4 is 24.0 Å². The van der Waals surface area contributed by atoms with Gasteiger partial charge in [-0.3, -0.25) is 14.9 Å². The Balaban J connectivity index is 0.00000264. The van der Waals surface area contributed by atoms with Crippen molar-refractivity contribution in [2.75, 3.05) is 19.7 Å². The monoisotopic (exact) mass is 343 g/mol. The molecule has 2 N–H and O–H groups in total. The Morgan fingerprint density at radius 3 is 2.83 bits per heavy atom. The van der Waals surface area contributed by atoms with Crippen LogP contribution in [0, 0.1) is 10.1 Å². The summed E-state index contributed by atoms with van der Waals surface area (Å²) in [5, 5.41) is 11.1. The highest BCUT2D eigenvalue weighted by atomic mass is 35.5. The molecule has 0 radical (unpaired) electrons. The average molecular weight is 344 g/mol. The summed E-state index contributed by atoms with van der Waals surface area (Å²) in [6.45, 7) is 3.13. The maximum absolute atomic E-state index is 12.6. The van der Waals surface area contributed by atoms with Crippen molar-refractivity contribution in [1.29, 1.82) is 0 Å². The van der Waals surface area contributed by atoms with Crippen molar-refractivity contribution in [3.05, 3.63) is 33.9 Å². The zero-order valence-electron chi connectivity index (χ0n) is 13.1. The lowest BCUT2D eigenvalue weighted by Crippen LogP contribution is -2.47. The molecule has 128 valence electrons. The Bertz CT molecular complexity index is 568. The van der Waals surface area contributed by atoms with E-state index in [1.165, 1.54) is 12.1 Å². The topological polar surface area (TPSA) is 98.7 Å². The molecule has 1 saturated heterocycles. The number of hydrogen-bond donors (Lipinski definition) is 1. The number of nitro groups is 1. The van der Waals surface area contributed by atoms with Gasteiger partial charge in [0.15, 0.2) is 5.75 Å². The van der Waals surface area contributed by atoms with Gasteiger partial charge in [0, 0.05) is 30.8 Å². The number of nitrogens with two attached hydrogens (primary N) is 1. The lowest BCUT2D eigenvalue weighted by molar-refractivity contribution is -0.385. The number of nitro benzene ring substituents is 1. The number of hydrogen-bond acceptors (Lipinski definition) is 5. The van der Waals surface area contributed by atoms with E-state index in [4.69, 9.17) is 10.5 Å². The van der Waals surface area contributed by atoms with E-state index in [0.29, 0.717) is 25.3 Å². The fourth-order valence-electron chi connectivity index (χ4n) is 2.75. The first kappa shape index (κ1) is 19.2. The highest BCUT2D eigenvalue weighted by Gasteiger charge is 2.28. The third kappa shape index (κ3) is 4.33. The van der Waals surface area contributed by atoms with E-state index in [9.17, 15) is 14.9 Å². The molecule has 7 nitrogen and oxygen atoms in total. The number of piperidine rings is 1. The van der Waals surface area contributed by atoms with Gasteiger partial charge < -0.3 is 15.4 Å². The number of carbonyl (C=O) groups is 1. The molecular formula is C15H22ClN3O4. The summed E-state index contributed by atoms with van der Waals surface area (Å²) in [6, 6.07) is 4.35. The summed E-state index contributed by atoms with van der Waals surface area (Å²) >= 11 is 0. The van der Waals surface area contributed by atoms with Gasteiger partial charge in [-0.1, -0.05) is 0 Å². The lowest BCUT2D eigenvalue weighted by Gasteiger charge is -2.35. The molecule has 0 aliphatic carbocycles. The molecule has 1 fully saturated rings. The molecule has 1 aliphatic rings. The second-order valence-electron chi connectivity index (χ2n) is 5.26. The van der Waals surface area contributed by atoms with Crippen LogP contribution in [0.15, 0.2) is 18.2 Å². The first-order valence-electron chi connectivity index (χ1n) is 7.50. The molecule has 0 saturated carbocycles. The summed E-state index contributed by atoms with van der Waals surface area (Å²) in [6.07, 6.45) is 2.86. The Hall–Kier alpha value is -1.86. The van der Waals surface area contributed by atoms with Crippen LogP contribution in [0.2, 0.25) is 0 Å². The number of carbonyl (C=O) groups excluding carboxylic acids is 1. The van der Waals surface area contributed by atoms with Gasteiger partial charge in [0.05, 0.1) is 11.5 Å². The highest BCUT2D eigenvalue weighted by Crippen LogP contribution is 2.29. The highest BCUT2D eigenvalue weighted by molar-refractivity contribution is 5.95. The first-order valence-corrected chi connectivity index (χ1v) is 7.50. The van der Waals surface area contributed by atoms with Crippen LogP contribution in [0.3, 0.4) is 0 Å². The van der Waals surface area contributed by atoms with Crippen LogP contribution < -0.4 is 10.5 Å². The fraction of sp³-hybridized carbons (Fsp3) is 0.533. The van der Waals surface area contributed by atoms with Gasteiger partial charge in [-0.25, -0.2) is 0 Å². The zero-order valence-corrected chi connectivity index (χ0v) is 13.9. The molecule has 1 unspecified atom stereocenters. The van der Waals surface area contributed by atoms with Crippen molar-refractivity contribution in [2.24, 2.45) is 5.73 Å². The number of likely N-dealkylation sites (tertiary alicyclic amines) is 1. The van der Waals surface area contributed by atoms with Crippen molar-refractivity contribution in [3.63, 3.8) is 0 Å². The van der Waals surface area contributed by atoms with Crippen LogP contribution in [0.4, 0.5) is 5.69 Å². The van der Waals surface area contributed by atoms with Crippen molar-refractivity contribution < 1.29 is 14.5 Å². The molecule has 2 rings (SSSR count). The average Bonchev–Trinajstić information content (AvgIpc) is 2.54. The van der Waals surface area contributed by atoms with E-state index in [0.717, 1.165) is 19.3 Å². The van der Waals surface area contributed by atoms with E-state index in [2.05, 4.69) is 0 Å². The fourth-order valence-corrected chi connectivity index (χ4v) is 2.75. The molecule has 0 aromatic heterocycles. The molecule has 0 bridgehead atoms. The van der Waals surface area contributed by atoms with Gasteiger partial charge in [-0.05, 0) is 38.3 Å². The number of benzene rings is 1. The predicted octanol–water partition coefficient (Wildman–Crippen LogP) is 2.37. The molecule has 1 aromatic rings. The predicted molar refractivity (Wildman–Crippen MR) is 89.2 cm³/mol. The number of rotatable bonds is 5. The third-order valence-corrected chi connectivity index (χ3v) is 3.86. The Kier molecular flexibility index (Phi) is 7.25. The van der Waals surface area contributed by atoms with Gasteiger partial charge in [0.2, 0.25) is 0 Å². The maximum atomic E-state index is 12.6. The molecule has 1 amide bonds. The molecular weight excluding hydrogens is 322 g/mol. The minimum Gasteiger partial charge on any atom is -0.487 e. The minimum absolute atomic E-state index is 0. The summed E-state index contributed by atoms with van der Waals surface area (Å²) < 4.78 is 5.23. The number of amides is 1. The summed E-state index contributed by atoms with van der Waals surface area (Å²) in [4.78, 5) is 25.0. The zero-order chi connectivity index (χ0) is 16.1. The van der Waals surface area contributed by atoms with Gasteiger partial charge in [0.1, 0.15) is 0 Å². The van der Waals surface area contributed by atoms with Gasteiger partial charge in [-0.15, -0.1) is 12.4 Å². The Morgan fingerprint density at radius 1 is 1.48 bits per heavy atom. The second kappa shape index (κ2) is 8.69. The van der Waals surface area contributed by atoms with Crippen LogP contribution in [-0.2, 0) is 0 Å². The standard InChI is InChI=1S/C15H21N3O4.ClH/c1-2-22-14-7-6-11(9-13(14)18(20)21)15(19)17-8-4-3-5-12(17)10-16;/h6-7,9,12H,2-5,8,10,16H2,1H3;1H. The number of nitrogens with zero attached hydrogens (tertiary/aromatic N) is 2. The largest absolute Gasteiger partial charge is 0.487 e. The van der Waals surface area contributed by atoms with Crippen LogP contribution in [0.5, 0.6) is 5.75 Å². The molecule has 1 aliphatic heterocycles. The van der Waals surface area contributed by atoms with Crippen LogP contribution in [0.25, 0.3) is 0 Å². The molecule has 1 aromatic carbocycles. The first-order chi connectivity index (χ1) is 10.6. The summed E-state index contributed by atoms with van der Waals surface area (Å²) in [7, 11) is 0. The van der Waals surface area contributed by atoms with E-state index < -0.39 is 4.92 Å². The van der Waals surface area contributed by atoms with E-state index >= 15 is 0 Å². The minimum atomic E-state index is -0.529. The van der Waals surface area contributed by atoms with Crippen LogP contribution in [-0.4, -0.2) is 41.5 Å². The van der Waals surface area contributed by atoms with Crippen molar-refractivity contribution in [2.45, 2.75) is 32.2 Å². The summed E-state index contributed by atoms with van der Waals surface area (Å²) in [5.74, 6) is -0.0284. The van der Waals surface area contributed by atoms with Crippen LogP contribution >= 0.6 is 12.4 Å². The third-order valence-electron chi connectivity index (χ3n) is 3.86. The normalized spacial score (nSPS) is 17.3. The number of halogens is 1. The molecule has 23 heavy (non-hydrogen) atoms. The van der Waals surface area contributed by atoms with Crippen molar-refractivity contribution in [1.82, 2.24) is 4.90 Å². The lowest BCUT2D eigenvalue weighted by atomic mass is 10.0. The maximum Gasteiger partial charge on any atom is 0.311 e. The SMILES string of the molecule is CCOc1ccc(C(=O)N2CCCCC2CN)cc1[N+](=O)[O-].Cl. The molecule has 0 spiro atoms. The number of ether oxygens (including phenoxy) is 1. The van der Waals surface area contributed by atoms with Crippen molar-refractivity contribution in [3.8, 4) is 5.75 Å². The summed E-state index contributed by atoms with van der Waals surface area (Å²) in [5.41, 5.74) is 5.84. The van der Waals surface area contributed by atoms with Crippen LogP contribution in [0.1, 0.15) is 36.5 Å². The van der Waals surface area contributed by atoms with E-state index in [-0.39, 0.29) is 35.8 Å². The van der Waals surface area contributed by atoms with Gasteiger partial charge in [-0.2, -0.15) is 0 Å². The van der Waals surface area contributed by atoms with E-state index in [1.54, 1.807) is 17.9 Å². The molecule has 1 atom stereocenters.